The van der Waals surface area contributed by atoms with Crippen LogP contribution < -0.4 is 16.0 Å². The lowest BCUT2D eigenvalue weighted by Crippen LogP contribution is -2.64. The van der Waals surface area contributed by atoms with E-state index >= 15 is 0 Å². The van der Waals surface area contributed by atoms with Gasteiger partial charge in [0, 0.05) is 7.05 Å². The summed E-state index contributed by atoms with van der Waals surface area (Å²) in [6.45, 7) is 5.87. The maximum Gasteiger partial charge on any atom is 0.325 e. The smallest absolute Gasteiger partial charge is 0.310 e. The van der Waals surface area contributed by atoms with Gasteiger partial charge in [0.25, 0.3) is 0 Å². The Morgan fingerprint density at radius 3 is 2.47 bits per heavy atom. The number of nitrogens with zero attached hydrogens (tertiary/aromatic N) is 2. The van der Waals surface area contributed by atoms with Crippen molar-refractivity contribution in [3.63, 3.8) is 0 Å². The van der Waals surface area contributed by atoms with Crippen LogP contribution in [-0.4, -0.2) is 60.4 Å². The molecule has 0 radical (unpaired) electrons. The van der Waals surface area contributed by atoms with Crippen LogP contribution in [0.4, 0.5) is 4.79 Å². The average molecular weight is 241 g/mol. The summed E-state index contributed by atoms with van der Waals surface area (Å²) >= 11 is 0. The van der Waals surface area contributed by atoms with Crippen molar-refractivity contribution in [3.05, 3.63) is 0 Å². The second kappa shape index (κ2) is 4.59. The average Bonchev–Trinajstić information content (AvgIpc) is 2.73. The van der Waals surface area contributed by atoms with E-state index in [1.807, 2.05) is 0 Å². The van der Waals surface area contributed by atoms with E-state index in [1.54, 1.807) is 7.05 Å². The van der Waals surface area contributed by atoms with Crippen molar-refractivity contribution < 1.29 is 9.59 Å². The Bertz CT molecular complexity index is 331. The fourth-order valence-corrected chi connectivity index (χ4v) is 2.32. The number of urea groups is 1. The van der Waals surface area contributed by atoms with E-state index in [9.17, 15) is 9.59 Å². The Kier molecular flexibility index (Phi) is 3.32. The van der Waals surface area contributed by atoms with Crippen LogP contribution in [0.2, 0.25) is 0 Å². The van der Waals surface area contributed by atoms with E-state index in [1.165, 1.54) is 4.90 Å². The van der Waals surface area contributed by atoms with Crippen LogP contribution in [0.1, 0.15) is 13.8 Å². The van der Waals surface area contributed by atoms with Crippen LogP contribution in [0.25, 0.3) is 0 Å². The van der Waals surface area contributed by atoms with E-state index < -0.39 is 0 Å². The summed E-state index contributed by atoms with van der Waals surface area (Å²) in [4.78, 5) is 26.8. The number of hydrogen-bond donors (Lipinski definition) is 3. The molecule has 0 saturated carbocycles. The third kappa shape index (κ3) is 2.01. The first kappa shape index (κ1) is 12.3. The maximum atomic E-state index is 11.7. The first-order valence-electron chi connectivity index (χ1n) is 5.92. The predicted octanol–water partition coefficient (Wildman–Crippen LogP) is -1.32. The molecule has 2 aliphatic rings. The number of carbonyl (C=O) groups excluding carboxylic acids is 2. The largest absolute Gasteiger partial charge is 0.325 e. The molecule has 2 rings (SSSR count). The Morgan fingerprint density at radius 1 is 1.24 bits per heavy atom. The lowest BCUT2D eigenvalue weighted by Gasteiger charge is -2.32. The number of likely N-dealkylation sites (N-methyl/N-ethyl adjacent to an activating group) is 1. The molecule has 0 bridgehead atoms. The normalized spacial score (nSPS) is 32.9. The van der Waals surface area contributed by atoms with Gasteiger partial charge in [0.1, 0.15) is 18.5 Å². The minimum atomic E-state index is -0.386. The first-order valence-corrected chi connectivity index (χ1v) is 5.92. The third-order valence-electron chi connectivity index (χ3n) is 3.41. The Balaban J connectivity index is 2.12. The molecule has 3 amide bonds. The third-order valence-corrected chi connectivity index (χ3v) is 3.41. The summed E-state index contributed by atoms with van der Waals surface area (Å²) in [6, 6.07) is -0.742. The Hall–Kier alpha value is -1.18. The first-order chi connectivity index (χ1) is 8.08. The van der Waals surface area contributed by atoms with Gasteiger partial charge in [0.15, 0.2) is 0 Å². The Morgan fingerprint density at radius 2 is 1.88 bits per heavy atom. The van der Waals surface area contributed by atoms with Gasteiger partial charge in [-0.3, -0.25) is 25.6 Å². The van der Waals surface area contributed by atoms with Crippen LogP contribution in [0.5, 0.6) is 0 Å². The van der Waals surface area contributed by atoms with Crippen molar-refractivity contribution >= 4 is 11.9 Å². The maximum absolute atomic E-state index is 11.7. The van der Waals surface area contributed by atoms with Crippen LogP contribution in [0, 0.1) is 0 Å². The molecule has 96 valence electrons. The molecule has 0 aromatic rings. The van der Waals surface area contributed by atoms with Crippen LogP contribution in [-0.2, 0) is 4.79 Å². The summed E-state index contributed by atoms with van der Waals surface area (Å²) < 4.78 is 0. The quantitative estimate of drug-likeness (QED) is 0.571. The molecule has 2 fully saturated rings. The number of hydrogen-bond acceptors (Lipinski definition) is 5. The fraction of sp³-hybridized carbons (Fsp3) is 0.800. The topological polar surface area (TPSA) is 76.7 Å². The molecular weight excluding hydrogens is 222 g/mol. The van der Waals surface area contributed by atoms with Gasteiger partial charge in [-0.2, -0.15) is 0 Å². The van der Waals surface area contributed by atoms with E-state index in [-0.39, 0.29) is 30.4 Å². The number of amides is 3. The molecule has 2 heterocycles. The molecular formula is C10H19N5O2. The molecule has 3 atom stereocenters. The summed E-state index contributed by atoms with van der Waals surface area (Å²) in [5.74, 6) is -0.264. The second-order valence-electron chi connectivity index (χ2n) is 4.28. The fourth-order valence-electron chi connectivity index (χ4n) is 2.32. The molecule has 0 aromatic carbocycles. The minimum Gasteiger partial charge on any atom is -0.310 e. The van der Waals surface area contributed by atoms with Gasteiger partial charge in [0.05, 0.1) is 0 Å². The van der Waals surface area contributed by atoms with Crippen molar-refractivity contribution in [2.75, 3.05) is 20.1 Å². The van der Waals surface area contributed by atoms with Crippen molar-refractivity contribution in [3.8, 4) is 0 Å². The highest BCUT2D eigenvalue weighted by molar-refractivity contribution is 6.00. The summed E-state index contributed by atoms with van der Waals surface area (Å²) in [6.07, 6.45) is -0.346. The molecule has 0 spiro atoms. The minimum absolute atomic E-state index is 0.0703. The lowest BCUT2D eigenvalue weighted by atomic mass is 10.2. The van der Waals surface area contributed by atoms with Gasteiger partial charge < -0.3 is 4.90 Å². The summed E-state index contributed by atoms with van der Waals surface area (Å²) in [5.41, 5.74) is 0. The number of imide groups is 1. The number of rotatable bonds is 3. The van der Waals surface area contributed by atoms with Crippen LogP contribution in [0.3, 0.4) is 0 Å². The highest BCUT2D eigenvalue weighted by Gasteiger charge is 2.46. The van der Waals surface area contributed by atoms with Gasteiger partial charge in [-0.05, 0) is 13.1 Å². The van der Waals surface area contributed by atoms with Crippen molar-refractivity contribution in [1.29, 1.82) is 0 Å². The van der Waals surface area contributed by atoms with E-state index in [4.69, 9.17) is 0 Å². The standard InChI is InChI=1S/C10H19N5O2/c1-4-15(5-2)9-11-6-7(12-9)14(3)10(17)13-8(6)16/h6-7,9,11-12H,4-5H2,1-3H3,(H,13,16,17). The number of carbonyl (C=O) groups is 2. The molecule has 3 N–H and O–H groups in total. The van der Waals surface area contributed by atoms with E-state index in [0.717, 1.165) is 13.1 Å². The van der Waals surface area contributed by atoms with Crippen LogP contribution >= 0.6 is 0 Å². The highest BCUT2D eigenvalue weighted by atomic mass is 16.2. The van der Waals surface area contributed by atoms with E-state index in [2.05, 4.69) is 34.7 Å². The number of nitrogens with one attached hydrogen (secondary N) is 3. The summed E-state index contributed by atoms with van der Waals surface area (Å²) in [7, 11) is 1.68. The molecule has 2 saturated heterocycles. The molecule has 7 heteroatoms. The van der Waals surface area contributed by atoms with Gasteiger partial charge in [-0.1, -0.05) is 13.8 Å². The molecule has 7 nitrogen and oxygen atoms in total. The second-order valence-corrected chi connectivity index (χ2v) is 4.28. The zero-order valence-corrected chi connectivity index (χ0v) is 10.4. The Labute approximate surface area is 101 Å². The SMILES string of the molecule is CCN(CC)C1NC2C(=O)NC(=O)N(C)C2N1. The molecule has 0 aromatic heterocycles. The van der Waals surface area contributed by atoms with Gasteiger partial charge in [0.2, 0.25) is 5.91 Å². The van der Waals surface area contributed by atoms with Crippen molar-refractivity contribution in [2.45, 2.75) is 32.3 Å². The zero-order chi connectivity index (χ0) is 12.6. The molecule has 3 unspecified atom stereocenters. The molecule has 0 aliphatic carbocycles. The van der Waals surface area contributed by atoms with Crippen molar-refractivity contribution in [2.24, 2.45) is 0 Å². The summed E-state index contributed by atoms with van der Waals surface area (Å²) in [5, 5.41) is 8.79. The lowest BCUT2D eigenvalue weighted by molar-refractivity contribution is -0.124. The predicted molar refractivity (Wildman–Crippen MR) is 61.9 cm³/mol. The zero-order valence-electron chi connectivity index (χ0n) is 10.4. The van der Waals surface area contributed by atoms with Crippen LogP contribution in [0.15, 0.2) is 0 Å². The van der Waals surface area contributed by atoms with Gasteiger partial charge in [-0.25, -0.2) is 4.79 Å². The van der Waals surface area contributed by atoms with Gasteiger partial charge >= 0.3 is 6.03 Å². The number of fused-ring (bicyclic) bond motifs is 1. The highest BCUT2D eigenvalue weighted by Crippen LogP contribution is 2.14. The van der Waals surface area contributed by atoms with Gasteiger partial charge in [-0.15, -0.1) is 0 Å². The van der Waals surface area contributed by atoms with Crippen molar-refractivity contribution in [1.82, 2.24) is 25.8 Å². The molecule has 2 aliphatic heterocycles. The van der Waals surface area contributed by atoms with E-state index in [0.29, 0.717) is 0 Å². The molecule has 17 heavy (non-hydrogen) atoms. The monoisotopic (exact) mass is 241 g/mol.